The number of rotatable bonds is 3. The van der Waals surface area contributed by atoms with Gasteiger partial charge in [-0.05, 0) is 49.2 Å². The van der Waals surface area contributed by atoms with Gasteiger partial charge >= 0.3 is 0 Å². The first-order chi connectivity index (χ1) is 12.9. The number of thioether (sulfide) groups is 1. The molecule has 2 aliphatic rings. The van der Waals surface area contributed by atoms with Gasteiger partial charge in [0.05, 0.1) is 16.0 Å². The van der Waals surface area contributed by atoms with Gasteiger partial charge in [-0.15, -0.1) is 11.8 Å². The molecule has 144 valence electrons. The van der Waals surface area contributed by atoms with Gasteiger partial charge < -0.3 is 9.32 Å². The van der Waals surface area contributed by atoms with Gasteiger partial charge in [0.15, 0.2) is 5.76 Å². The van der Waals surface area contributed by atoms with Crippen molar-refractivity contribution >= 4 is 27.7 Å². The number of carbonyl (C=O) groups excluding carboxylic acids is 1. The van der Waals surface area contributed by atoms with Crippen LogP contribution in [0.5, 0.6) is 0 Å². The molecule has 1 aromatic carbocycles. The zero-order valence-electron chi connectivity index (χ0n) is 14.5. The number of carbonyl (C=O) groups is 1. The Morgan fingerprint density at radius 1 is 1.11 bits per heavy atom. The molecular weight excluding hydrogens is 391 g/mol. The summed E-state index contributed by atoms with van der Waals surface area (Å²) < 4.78 is 45.4. The standard InChI is InChI=1S/C18H19FN2O4S2/c19-14-3-5-15(6-4-14)27(23,24)20-9-7-18(8-10-20)21(11-13-26-18)17(22)16-2-1-12-25-16/h1-6,12H,7-11,13H2. The number of hydrogen-bond acceptors (Lipinski definition) is 5. The highest BCUT2D eigenvalue weighted by Gasteiger charge is 2.48. The molecule has 1 amide bonds. The normalized spacial score (nSPS) is 20.3. The van der Waals surface area contributed by atoms with E-state index in [9.17, 15) is 17.6 Å². The van der Waals surface area contributed by atoms with Crippen LogP contribution in [0, 0.1) is 5.82 Å². The van der Waals surface area contributed by atoms with Crippen molar-refractivity contribution in [2.75, 3.05) is 25.4 Å². The minimum Gasteiger partial charge on any atom is -0.459 e. The summed E-state index contributed by atoms with van der Waals surface area (Å²) in [4.78, 5) is 14.3. The molecule has 3 heterocycles. The summed E-state index contributed by atoms with van der Waals surface area (Å²) in [6.07, 6.45) is 2.57. The van der Waals surface area contributed by atoms with Gasteiger partial charge in [0.1, 0.15) is 5.82 Å². The quantitative estimate of drug-likeness (QED) is 0.778. The molecule has 2 saturated heterocycles. The molecule has 4 rings (SSSR count). The number of furan rings is 1. The van der Waals surface area contributed by atoms with E-state index in [1.807, 2.05) is 4.90 Å². The number of piperidine rings is 1. The van der Waals surface area contributed by atoms with Gasteiger partial charge in [-0.1, -0.05) is 0 Å². The van der Waals surface area contributed by atoms with Crippen LogP contribution in [-0.4, -0.2) is 53.8 Å². The van der Waals surface area contributed by atoms with Crippen LogP contribution in [0.1, 0.15) is 23.4 Å². The third-order valence-corrected chi connectivity index (χ3v) is 8.58. The SMILES string of the molecule is O=C(c1ccco1)N1CCSC12CCN(S(=O)(=O)c1ccc(F)cc1)CC2. The Morgan fingerprint density at radius 3 is 2.44 bits per heavy atom. The van der Waals surface area contributed by atoms with Crippen molar-refractivity contribution < 1.29 is 22.0 Å². The highest BCUT2D eigenvalue weighted by molar-refractivity contribution is 8.00. The third kappa shape index (κ3) is 3.28. The van der Waals surface area contributed by atoms with Crippen LogP contribution in [0.15, 0.2) is 52.0 Å². The van der Waals surface area contributed by atoms with Crippen LogP contribution >= 0.6 is 11.8 Å². The van der Waals surface area contributed by atoms with E-state index in [4.69, 9.17) is 4.42 Å². The van der Waals surface area contributed by atoms with Gasteiger partial charge in [0.2, 0.25) is 10.0 Å². The molecule has 9 heteroatoms. The van der Waals surface area contributed by atoms with Crippen molar-refractivity contribution in [3.8, 4) is 0 Å². The summed E-state index contributed by atoms with van der Waals surface area (Å²) >= 11 is 1.70. The number of amides is 1. The Balaban J connectivity index is 1.51. The van der Waals surface area contributed by atoms with Gasteiger partial charge in [-0.25, -0.2) is 12.8 Å². The number of nitrogens with zero attached hydrogens (tertiary/aromatic N) is 2. The van der Waals surface area contributed by atoms with E-state index in [-0.39, 0.29) is 10.8 Å². The Kier molecular flexibility index (Phi) is 4.77. The summed E-state index contributed by atoms with van der Waals surface area (Å²) in [5.74, 6) is 0.496. The van der Waals surface area contributed by atoms with Gasteiger partial charge in [-0.2, -0.15) is 4.31 Å². The van der Waals surface area contributed by atoms with E-state index >= 15 is 0 Å². The van der Waals surface area contributed by atoms with Gasteiger partial charge in [0.25, 0.3) is 5.91 Å². The lowest BCUT2D eigenvalue weighted by atomic mass is 10.0. The van der Waals surface area contributed by atoms with E-state index in [1.165, 1.54) is 22.7 Å². The fourth-order valence-electron chi connectivity index (χ4n) is 3.67. The lowest BCUT2D eigenvalue weighted by Gasteiger charge is -2.43. The maximum Gasteiger partial charge on any atom is 0.290 e. The summed E-state index contributed by atoms with van der Waals surface area (Å²) in [7, 11) is -3.67. The Morgan fingerprint density at radius 2 is 1.81 bits per heavy atom. The number of sulfonamides is 1. The van der Waals surface area contributed by atoms with E-state index in [1.54, 1.807) is 23.9 Å². The molecule has 0 N–H and O–H groups in total. The minimum atomic E-state index is -3.67. The second-order valence-electron chi connectivity index (χ2n) is 6.59. The first-order valence-corrected chi connectivity index (χ1v) is 11.1. The topological polar surface area (TPSA) is 70.8 Å². The molecule has 0 aliphatic carbocycles. The summed E-state index contributed by atoms with van der Waals surface area (Å²) in [6, 6.07) is 8.19. The second-order valence-corrected chi connectivity index (χ2v) is 9.98. The zero-order chi connectivity index (χ0) is 19.1. The first kappa shape index (κ1) is 18.5. The van der Waals surface area contributed by atoms with Crippen molar-refractivity contribution in [3.63, 3.8) is 0 Å². The lowest BCUT2D eigenvalue weighted by Crippen LogP contribution is -2.53. The van der Waals surface area contributed by atoms with E-state index in [0.717, 1.165) is 17.9 Å². The highest BCUT2D eigenvalue weighted by atomic mass is 32.2. The molecule has 0 atom stereocenters. The van der Waals surface area contributed by atoms with Crippen molar-refractivity contribution in [1.82, 2.24) is 9.21 Å². The van der Waals surface area contributed by atoms with Crippen LogP contribution in [0.2, 0.25) is 0 Å². The molecule has 27 heavy (non-hydrogen) atoms. The Hall–Kier alpha value is -1.84. The largest absolute Gasteiger partial charge is 0.459 e. The van der Waals surface area contributed by atoms with E-state index in [2.05, 4.69) is 0 Å². The maximum atomic E-state index is 13.1. The average Bonchev–Trinajstić information content (AvgIpc) is 3.33. The van der Waals surface area contributed by atoms with Crippen LogP contribution in [0.4, 0.5) is 4.39 Å². The van der Waals surface area contributed by atoms with Crippen LogP contribution in [0.3, 0.4) is 0 Å². The fraction of sp³-hybridized carbons (Fsp3) is 0.389. The molecular formula is C18H19FN2O4S2. The monoisotopic (exact) mass is 410 g/mol. The molecule has 1 aromatic heterocycles. The first-order valence-electron chi connectivity index (χ1n) is 8.68. The lowest BCUT2D eigenvalue weighted by molar-refractivity contribution is 0.0573. The number of halogens is 1. The predicted molar refractivity (Wildman–Crippen MR) is 99.3 cm³/mol. The highest BCUT2D eigenvalue weighted by Crippen LogP contribution is 2.45. The van der Waals surface area contributed by atoms with Crippen LogP contribution < -0.4 is 0 Å². The van der Waals surface area contributed by atoms with Crippen LogP contribution in [-0.2, 0) is 10.0 Å². The molecule has 6 nitrogen and oxygen atoms in total. The minimum absolute atomic E-state index is 0.0856. The summed E-state index contributed by atoms with van der Waals surface area (Å²) in [5, 5.41) is 0. The second kappa shape index (κ2) is 6.96. The van der Waals surface area contributed by atoms with E-state index in [0.29, 0.717) is 38.2 Å². The Bertz CT molecular complexity index is 921. The van der Waals surface area contributed by atoms with Crippen molar-refractivity contribution in [3.05, 3.63) is 54.2 Å². The van der Waals surface area contributed by atoms with Gasteiger partial charge in [0, 0.05) is 25.4 Å². The third-order valence-electron chi connectivity index (χ3n) is 5.11. The van der Waals surface area contributed by atoms with Gasteiger partial charge in [-0.3, -0.25) is 4.79 Å². The van der Waals surface area contributed by atoms with Crippen molar-refractivity contribution in [1.29, 1.82) is 0 Å². The fourth-order valence-corrected chi connectivity index (χ4v) is 6.57. The summed E-state index contributed by atoms with van der Waals surface area (Å²) in [6.45, 7) is 1.25. The molecule has 2 aliphatic heterocycles. The summed E-state index contributed by atoms with van der Waals surface area (Å²) in [5.41, 5.74) is 0. The number of hydrogen-bond donors (Lipinski definition) is 0. The molecule has 2 fully saturated rings. The maximum absolute atomic E-state index is 13.1. The molecule has 0 unspecified atom stereocenters. The molecule has 1 spiro atoms. The molecule has 2 aromatic rings. The average molecular weight is 410 g/mol. The smallest absolute Gasteiger partial charge is 0.290 e. The number of benzene rings is 1. The molecule has 0 radical (unpaired) electrons. The van der Waals surface area contributed by atoms with E-state index < -0.39 is 20.7 Å². The van der Waals surface area contributed by atoms with Crippen molar-refractivity contribution in [2.24, 2.45) is 0 Å². The predicted octanol–water partition coefficient (Wildman–Crippen LogP) is 2.79. The van der Waals surface area contributed by atoms with Crippen LogP contribution in [0.25, 0.3) is 0 Å². The molecule has 0 bridgehead atoms. The zero-order valence-corrected chi connectivity index (χ0v) is 16.1. The molecule has 0 saturated carbocycles. The Labute approximate surface area is 161 Å². The van der Waals surface area contributed by atoms with Crippen molar-refractivity contribution in [2.45, 2.75) is 22.6 Å².